The summed E-state index contributed by atoms with van der Waals surface area (Å²) in [5, 5.41) is 0. The molecule has 0 aromatic rings. The van der Waals surface area contributed by atoms with Crippen molar-refractivity contribution in [2.24, 2.45) is 0 Å². The Kier molecular flexibility index (Phi) is 9.75. The Morgan fingerprint density at radius 1 is 1.50 bits per heavy atom. The van der Waals surface area contributed by atoms with Crippen LogP contribution >= 0.6 is 11.8 Å². The van der Waals surface area contributed by atoms with Crippen molar-refractivity contribution >= 4 is 24.0 Å². The van der Waals surface area contributed by atoms with Gasteiger partial charge in [-0.2, -0.15) is 11.8 Å². The van der Waals surface area contributed by atoms with Gasteiger partial charge in [-0.25, -0.2) is 4.79 Å². The number of carbonyl (C=O) groups excluding carboxylic acids is 2. The number of hydrogen-bond donors (Lipinski definition) is 1. The molecule has 0 aliphatic carbocycles. The Hall–Kier alpha value is -1.07. The Morgan fingerprint density at radius 2 is 2.25 bits per heavy atom. The van der Waals surface area contributed by atoms with Crippen molar-refractivity contribution in [3.05, 3.63) is 24.3 Å². The molecule has 0 aliphatic heterocycles. The molecule has 0 amide bonds. The summed E-state index contributed by atoms with van der Waals surface area (Å²) in [5.74, 6) is 0.316. The first kappa shape index (κ1) is 14.9. The second-order valence-corrected chi connectivity index (χ2v) is 3.93. The van der Waals surface area contributed by atoms with Crippen LogP contribution in [0.4, 0.5) is 0 Å². The van der Waals surface area contributed by atoms with E-state index in [2.05, 4.69) is 10.3 Å². The van der Waals surface area contributed by atoms with Crippen molar-refractivity contribution in [1.29, 1.82) is 0 Å². The van der Waals surface area contributed by atoms with Gasteiger partial charge >= 0.3 is 5.97 Å². The first-order valence-electron chi connectivity index (χ1n) is 4.94. The van der Waals surface area contributed by atoms with Crippen molar-refractivity contribution in [3.63, 3.8) is 0 Å². The SMILES string of the molecule is C/C=C/C=C/C(=O)ON[C@H](C=O)CCSC. The van der Waals surface area contributed by atoms with Crippen molar-refractivity contribution in [2.75, 3.05) is 12.0 Å². The molecule has 0 heterocycles. The highest BCUT2D eigenvalue weighted by Crippen LogP contribution is 1.98. The molecule has 4 nitrogen and oxygen atoms in total. The van der Waals surface area contributed by atoms with Crippen LogP contribution in [0.1, 0.15) is 13.3 Å². The molecule has 0 rings (SSSR count). The van der Waals surface area contributed by atoms with Gasteiger partial charge in [0.15, 0.2) is 0 Å². The maximum absolute atomic E-state index is 11.1. The van der Waals surface area contributed by atoms with Gasteiger partial charge in [0, 0.05) is 6.08 Å². The number of hydrogen-bond acceptors (Lipinski definition) is 5. The van der Waals surface area contributed by atoms with E-state index in [1.54, 1.807) is 30.0 Å². The quantitative estimate of drug-likeness (QED) is 0.303. The Bertz CT molecular complexity index is 264. The zero-order valence-electron chi connectivity index (χ0n) is 9.51. The minimum absolute atomic E-state index is 0.438. The lowest BCUT2D eigenvalue weighted by atomic mass is 10.3. The number of aldehydes is 1. The summed E-state index contributed by atoms with van der Waals surface area (Å²) >= 11 is 1.63. The van der Waals surface area contributed by atoms with E-state index >= 15 is 0 Å². The molecule has 90 valence electrons. The van der Waals surface area contributed by atoms with E-state index in [-0.39, 0.29) is 0 Å². The van der Waals surface area contributed by atoms with Crippen molar-refractivity contribution in [1.82, 2.24) is 5.48 Å². The maximum Gasteiger partial charge on any atom is 0.349 e. The number of rotatable bonds is 8. The molecule has 0 saturated carbocycles. The fourth-order valence-corrected chi connectivity index (χ4v) is 1.30. The van der Waals surface area contributed by atoms with E-state index in [0.717, 1.165) is 12.0 Å². The molecule has 0 aromatic heterocycles. The predicted octanol–water partition coefficient (Wildman–Crippen LogP) is 1.49. The van der Waals surface area contributed by atoms with Gasteiger partial charge in [0.25, 0.3) is 0 Å². The van der Waals surface area contributed by atoms with Gasteiger partial charge in [0.1, 0.15) is 6.29 Å². The van der Waals surface area contributed by atoms with Crippen LogP contribution in [0.5, 0.6) is 0 Å². The predicted molar refractivity (Wildman–Crippen MR) is 66.0 cm³/mol. The molecule has 16 heavy (non-hydrogen) atoms. The average molecular weight is 243 g/mol. The minimum Gasteiger partial charge on any atom is -0.366 e. The van der Waals surface area contributed by atoms with E-state index in [9.17, 15) is 9.59 Å². The number of carbonyl (C=O) groups is 2. The van der Waals surface area contributed by atoms with Crippen LogP contribution < -0.4 is 5.48 Å². The van der Waals surface area contributed by atoms with Crippen molar-refractivity contribution < 1.29 is 14.4 Å². The fraction of sp³-hybridized carbons (Fsp3) is 0.455. The van der Waals surface area contributed by atoms with Gasteiger partial charge in [0.2, 0.25) is 0 Å². The lowest BCUT2D eigenvalue weighted by Crippen LogP contribution is -2.32. The third-order valence-electron chi connectivity index (χ3n) is 1.64. The van der Waals surface area contributed by atoms with Gasteiger partial charge in [-0.3, -0.25) is 0 Å². The molecule has 0 aromatic carbocycles. The summed E-state index contributed by atoms with van der Waals surface area (Å²) in [4.78, 5) is 26.4. The highest BCUT2D eigenvalue weighted by molar-refractivity contribution is 7.98. The number of thioether (sulfide) groups is 1. The monoisotopic (exact) mass is 243 g/mol. The number of hydroxylamine groups is 1. The summed E-state index contributed by atoms with van der Waals surface area (Å²) in [5.41, 5.74) is 2.42. The molecule has 0 spiro atoms. The first-order chi connectivity index (χ1) is 7.74. The van der Waals surface area contributed by atoms with Gasteiger partial charge in [0.05, 0.1) is 6.04 Å². The first-order valence-corrected chi connectivity index (χ1v) is 6.34. The Labute approximate surface area is 100 Å². The second kappa shape index (κ2) is 10.4. The number of allylic oxidation sites excluding steroid dienone is 3. The number of nitrogens with one attached hydrogen (secondary N) is 1. The van der Waals surface area contributed by atoms with Gasteiger partial charge in [-0.15, -0.1) is 5.48 Å². The van der Waals surface area contributed by atoms with Crippen LogP contribution in [0, 0.1) is 0 Å². The summed E-state index contributed by atoms with van der Waals surface area (Å²) in [6, 6.07) is -0.438. The third kappa shape index (κ3) is 8.26. The zero-order chi connectivity index (χ0) is 12.2. The van der Waals surface area contributed by atoms with E-state index in [1.165, 1.54) is 6.08 Å². The molecule has 0 radical (unpaired) electrons. The summed E-state index contributed by atoms with van der Waals surface area (Å²) in [6.07, 6.45) is 9.69. The van der Waals surface area contributed by atoms with Crippen LogP contribution in [0.15, 0.2) is 24.3 Å². The lowest BCUT2D eigenvalue weighted by molar-refractivity contribution is -0.147. The van der Waals surface area contributed by atoms with E-state index < -0.39 is 12.0 Å². The van der Waals surface area contributed by atoms with Crippen LogP contribution in [0.2, 0.25) is 0 Å². The molecule has 0 unspecified atom stereocenters. The van der Waals surface area contributed by atoms with Crippen molar-refractivity contribution in [3.8, 4) is 0 Å². The molecular weight excluding hydrogens is 226 g/mol. The molecule has 0 fully saturated rings. The maximum atomic E-state index is 11.1. The molecule has 0 bridgehead atoms. The van der Waals surface area contributed by atoms with E-state index in [0.29, 0.717) is 6.42 Å². The zero-order valence-corrected chi connectivity index (χ0v) is 10.3. The van der Waals surface area contributed by atoms with Gasteiger partial charge in [-0.05, 0) is 25.4 Å². The highest BCUT2D eigenvalue weighted by atomic mass is 32.2. The van der Waals surface area contributed by atoms with Crippen LogP contribution in [-0.4, -0.2) is 30.3 Å². The third-order valence-corrected chi connectivity index (χ3v) is 2.29. The second-order valence-electron chi connectivity index (χ2n) is 2.95. The van der Waals surface area contributed by atoms with Crippen molar-refractivity contribution in [2.45, 2.75) is 19.4 Å². The van der Waals surface area contributed by atoms with Gasteiger partial charge < -0.3 is 9.63 Å². The molecule has 5 heteroatoms. The Balaban J connectivity index is 3.83. The summed E-state index contributed by atoms with van der Waals surface area (Å²) in [6.45, 7) is 1.85. The summed E-state index contributed by atoms with van der Waals surface area (Å²) < 4.78 is 0. The van der Waals surface area contributed by atoms with E-state index in [1.807, 2.05) is 13.2 Å². The fourth-order valence-electron chi connectivity index (χ4n) is 0.813. The van der Waals surface area contributed by atoms with E-state index in [4.69, 9.17) is 0 Å². The average Bonchev–Trinajstić information content (AvgIpc) is 2.30. The van der Waals surface area contributed by atoms with Crippen LogP contribution in [-0.2, 0) is 14.4 Å². The molecule has 0 saturated heterocycles. The molecular formula is C11H17NO3S. The molecule has 1 atom stereocenters. The topological polar surface area (TPSA) is 55.4 Å². The van der Waals surface area contributed by atoms with Crippen LogP contribution in [0.25, 0.3) is 0 Å². The van der Waals surface area contributed by atoms with Crippen LogP contribution in [0.3, 0.4) is 0 Å². The normalized spacial score (nSPS) is 13.1. The highest BCUT2D eigenvalue weighted by Gasteiger charge is 2.07. The molecule has 1 N–H and O–H groups in total. The summed E-state index contributed by atoms with van der Waals surface area (Å²) in [7, 11) is 0. The lowest BCUT2D eigenvalue weighted by Gasteiger charge is -2.09. The molecule has 0 aliphatic rings. The largest absolute Gasteiger partial charge is 0.366 e. The Morgan fingerprint density at radius 3 is 2.81 bits per heavy atom. The minimum atomic E-state index is -0.519. The standard InChI is InChI=1S/C11H17NO3S/c1-3-4-5-6-11(14)15-12-10(9-13)7-8-16-2/h3-6,9-10,12H,7-8H2,1-2H3/b4-3+,6-5+/t10-/m0/s1. The van der Waals surface area contributed by atoms with Gasteiger partial charge in [-0.1, -0.05) is 18.2 Å². The smallest absolute Gasteiger partial charge is 0.349 e.